The average Bonchev–Trinajstić information content (AvgIpc) is 2.52. The van der Waals surface area contributed by atoms with Crippen LogP contribution in [0.2, 0.25) is 0 Å². The second kappa shape index (κ2) is 8.30. The number of aryl methyl sites for hydroxylation is 1. The fraction of sp³-hybridized carbons (Fsp3) is 0.611. The lowest BCUT2D eigenvalue weighted by molar-refractivity contribution is -0.123. The Labute approximate surface area is 133 Å². The Morgan fingerprint density at radius 2 is 2.18 bits per heavy atom. The molecule has 0 bridgehead atoms. The van der Waals surface area contributed by atoms with Crippen LogP contribution in [-0.2, 0) is 11.2 Å². The maximum atomic E-state index is 12.2. The van der Waals surface area contributed by atoms with E-state index in [1.54, 1.807) is 0 Å². The highest BCUT2D eigenvalue weighted by Gasteiger charge is 2.26. The Morgan fingerprint density at radius 1 is 1.41 bits per heavy atom. The standard InChI is InChI=1S/C18H28N2O2/c1-14(2)12-19-18(22)13-20(10-11-21)17-9-5-7-15-6-3-4-8-16(15)17/h3-4,6,8,14,17,21H,5,7,9-13H2,1-2H3,(H,19,22). The summed E-state index contributed by atoms with van der Waals surface area (Å²) in [5, 5.41) is 12.3. The van der Waals surface area contributed by atoms with Gasteiger partial charge >= 0.3 is 0 Å². The van der Waals surface area contributed by atoms with Crippen molar-refractivity contribution in [2.45, 2.75) is 39.2 Å². The summed E-state index contributed by atoms with van der Waals surface area (Å²) in [6.07, 6.45) is 3.30. The van der Waals surface area contributed by atoms with Gasteiger partial charge in [-0.15, -0.1) is 0 Å². The zero-order valence-corrected chi connectivity index (χ0v) is 13.7. The zero-order valence-electron chi connectivity index (χ0n) is 13.7. The minimum atomic E-state index is 0.0465. The van der Waals surface area contributed by atoms with Crippen molar-refractivity contribution in [1.29, 1.82) is 0 Å². The molecule has 1 unspecified atom stereocenters. The third-order valence-electron chi connectivity index (χ3n) is 4.22. The van der Waals surface area contributed by atoms with Gasteiger partial charge in [-0.2, -0.15) is 0 Å². The van der Waals surface area contributed by atoms with Crippen LogP contribution in [0, 0.1) is 5.92 Å². The molecule has 1 amide bonds. The number of hydrogen-bond acceptors (Lipinski definition) is 3. The van der Waals surface area contributed by atoms with Gasteiger partial charge < -0.3 is 10.4 Å². The number of nitrogens with zero attached hydrogens (tertiary/aromatic N) is 1. The number of nitrogens with one attached hydrogen (secondary N) is 1. The van der Waals surface area contributed by atoms with Crippen molar-refractivity contribution in [3.63, 3.8) is 0 Å². The molecule has 4 heteroatoms. The van der Waals surface area contributed by atoms with Crippen LogP contribution in [0.15, 0.2) is 24.3 Å². The van der Waals surface area contributed by atoms with Crippen molar-refractivity contribution in [2.75, 3.05) is 26.2 Å². The van der Waals surface area contributed by atoms with Gasteiger partial charge in [0.2, 0.25) is 5.91 Å². The molecule has 0 saturated carbocycles. The second-order valence-corrected chi connectivity index (χ2v) is 6.50. The van der Waals surface area contributed by atoms with Gasteiger partial charge in [-0.3, -0.25) is 9.69 Å². The molecule has 122 valence electrons. The molecule has 2 rings (SSSR count). The van der Waals surface area contributed by atoms with Crippen LogP contribution in [0.1, 0.15) is 43.9 Å². The highest BCUT2D eigenvalue weighted by molar-refractivity contribution is 5.78. The Hall–Kier alpha value is -1.39. The first kappa shape index (κ1) is 17.0. The molecule has 0 spiro atoms. The molecule has 0 fully saturated rings. The SMILES string of the molecule is CC(C)CNC(=O)CN(CCO)C1CCCc2ccccc21. The summed E-state index contributed by atoms with van der Waals surface area (Å²) < 4.78 is 0. The number of carbonyl (C=O) groups excluding carboxylic acids is 1. The van der Waals surface area contributed by atoms with Crippen LogP contribution < -0.4 is 5.32 Å². The maximum Gasteiger partial charge on any atom is 0.234 e. The molecule has 2 N–H and O–H groups in total. The van der Waals surface area contributed by atoms with Crippen molar-refractivity contribution in [2.24, 2.45) is 5.92 Å². The molecule has 1 atom stereocenters. The van der Waals surface area contributed by atoms with E-state index in [1.165, 1.54) is 11.1 Å². The maximum absolute atomic E-state index is 12.2. The summed E-state index contributed by atoms with van der Waals surface area (Å²) in [7, 11) is 0. The van der Waals surface area contributed by atoms with Crippen LogP contribution in [0.3, 0.4) is 0 Å². The monoisotopic (exact) mass is 304 g/mol. The predicted octanol–water partition coefficient (Wildman–Crippen LogP) is 2.13. The van der Waals surface area contributed by atoms with E-state index in [0.717, 1.165) is 19.3 Å². The minimum Gasteiger partial charge on any atom is -0.395 e. The van der Waals surface area contributed by atoms with Crippen LogP contribution in [-0.4, -0.2) is 42.2 Å². The van der Waals surface area contributed by atoms with Gasteiger partial charge in [0.15, 0.2) is 0 Å². The van der Waals surface area contributed by atoms with Gasteiger partial charge in [-0.1, -0.05) is 38.1 Å². The second-order valence-electron chi connectivity index (χ2n) is 6.50. The Kier molecular flexibility index (Phi) is 6.40. The number of rotatable bonds is 7. The largest absolute Gasteiger partial charge is 0.395 e. The molecule has 0 radical (unpaired) electrons. The number of carbonyl (C=O) groups is 1. The van der Waals surface area contributed by atoms with Gasteiger partial charge in [-0.25, -0.2) is 0 Å². The molecule has 1 aromatic rings. The number of aliphatic hydroxyl groups excluding tert-OH is 1. The lowest BCUT2D eigenvalue weighted by atomic mass is 9.87. The molecule has 1 aliphatic rings. The van der Waals surface area contributed by atoms with Gasteiger partial charge in [-0.05, 0) is 36.3 Å². The molecule has 4 nitrogen and oxygen atoms in total. The van der Waals surface area contributed by atoms with Gasteiger partial charge in [0.1, 0.15) is 0 Å². The summed E-state index contributed by atoms with van der Waals surface area (Å²) in [6.45, 7) is 5.84. The molecule has 0 saturated heterocycles. The first-order valence-corrected chi connectivity index (χ1v) is 8.31. The first-order valence-electron chi connectivity index (χ1n) is 8.31. The third kappa shape index (κ3) is 4.55. The van der Waals surface area contributed by atoms with E-state index in [1.807, 2.05) is 0 Å². The first-order chi connectivity index (χ1) is 10.6. The molecular weight excluding hydrogens is 276 g/mol. The lowest BCUT2D eigenvalue weighted by Crippen LogP contribution is -2.42. The van der Waals surface area contributed by atoms with E-state index in [4.69, 9.17) is 0 Å². The van der Waals surface area contributed by atoms with Crippen LogP contribution >= 0.6 is 0 Å². The van der Waals surface area contributed by atoms with Crippen LogP contribution in [0.5, 0.6) is 0 Å². The number of amides is 1. The van der Waals surface area contributed by atoms with Crippen molar-refractivity contribution in [1.82, 2.24) is 10.2 Å². The van der Waals surface area contributed by atoms with Crippen molar-refractivity contribution < 1.29 is 9.90 Å². The van der Waals surface area contributed by atoms with Crippen molar-refractivity contribution in [3.8, 4) is 0 Å². The van der Waals surface area contributed by atoms with E-state index >= 15 is 0 Å². The summed E-state index contributed by atoms with van der Waals surface area (Å²) in [5.41, 5.74) is 2.70. The number of fused-ring (bicyclic) bond motifs is 1. The molecule has 22 heavy (non-hydrogen) atoms. The highest BCUT2D eigenvalue weighted by atomic mass is 16.3. The van der Waals surface area contributed by atoms with E-state index in [-0.39, 0.29) is 18.6 Å². The van der Waals surface area contributed by atoms with Crippen molar-refractivity contribution >= 4 is 5.91 Å². The van der Waals surface area contributed by atoms with Crippen LogP contribution in [0.25, 0.3) is 0 Å². The Morgan fingerprint density at radius 3 is 2.91 bits per heavy atom. The van der Waals surface area contributed by atoms with Gasteiger partial charge in [0, 0.05) is 19.1 Å². The summed E-state index contributed by atoms with van der Waals surface area (Å²) in [4.78, 5) is 14.3. The number of hydrogen-bond donors (Lipinski definition) is 2. The van der Waals surface area contributed by atoms with E-state index in [2.05, 4.69) is 48.3 Å². The summed E-state index contributed by atoms with van der Waals surface area (Å²) >= 11 is 0. The quantitative estimate of drug-likeness (QED) is 0.811. The fourth-order valence-electron chi connectivity index (χ4n) is 3.14. The highest BCUT2D eigenvalue weighted by Crippen LogP contribution is 2.33. The topological polar surface area (TPSA) is 52.6 Å². The number of benzene rings is 1. The third-order valence-corrected chi connectivity index (χ3v) is 4.22. The Bertz CT molecular complexity index is 488. The smallest absolute Gasteiger partial charge is 0.234 e. The minimum absolute atomic E-state index is 0.0465. The molecule has 1 aliphatic carbocycles. The van der Waals surface area contributed by atoms with Gasteiger partial charge in [0.25, 0.3) is 0 Å². The molecule has 0 heterocycles. The predicted molar refractivity (Wildman–Crippen MR) is 88.6 cm³/mol. The summed E-state index contributed by atoms with van der Waals surface area (Å²) in [5.74, 6) is 0.496. The van der Waals surface area contributed by atoms with Crippen LogP contribution in [0.4, 0.5) is 0 Å². The fourth-order valence-corrected chi connectivity index (χ4v) is 3.14. The number of aliphatic hydroxyl groups is 1. The lowest BCUT2D eigenvalue weighted by Gasteiger charge is -2.35. The molecule has 0 aromatic heterocycles. The van der Waals surface area contributed by atoms with E-state index in [0.29, 0.717) is 25.6 Å². The normalized spacial score (nSPS) is 17.6. The zero-order chi connectivity index (χ0) is 15.9. The van der Waals surface area contributed by atoms with Crippen molar-refractivity contribution in [3.05, 3.63) is 35.4 Å². The Balaban J connectivity index is 2.06. The molecular formula is C18H28N2O2. The molecule has 0 aliphatic heterocycles. The summed E-state index contributed by atoms with van der Waals surface area (Å²) in [6, 6.07) is 8.72. The van der Waals surface area contributed by atoms with E-state index < -0.39 is 0 Å². The molecule has 1 aromatic carbocycles. The van der Waals surface area contributed by atoms with E-state index in [9.17, 15) is 9.90 Å². The van der Waals surface area contributed by atoms with Gasteiger partial charge in [0.05, 0.1) is 13.2 Å². The average molecular weight is 304 g/mol.